The Balaban J connectivity index is 1.63. The normalized spacial score (nSPS) is 13.6. The molecule has 1 aliphatic carbocycles. The molecule has 0 aliphatic heterocycles. The van der Waals surface area contributed by atoms with Gasteiger partial charge in [-0.1, -0.05) is 6.07 Å². The van der Waals surface area contributed by atoms with Crippen molar-refractivity contribution >= 4 is 18.0 Å². The molecule has 1 aliphatic rings. The summed E-state index contributed by atoms with van der Waals surface area (Å²) in [6, 6.07) is 8.96. The maximum atomic E-state index is 13.3. The number of aromatic nitrogens is 2. The van der Waals surface area contributed by atoms with Gasteiger partial charge in [-0.25, -0.2) is 19.6 Å². The first kappa shape index (κ1) is 30.4. The number of pyridine rings is 1. The quantitative estimate of drug-likeness (QED) is 0.261. The van der Waals surface area contributed by atoms with Crippen LogP contribution in [0.25, 0.3) is 11.5 Å². The zero-order valence-corrected chi connectivity index (χ0v) is 24.4. The second kappa shape index (κ2) is 12.9. The molecule has 4 rings (SSSR count). The molecular formula is C30H36N4O8. The predicted molar refractivity (Wildman–Crippen MR) is 151 cm³/mol. The second-order valence-electron chi connectivity index (χ2n) is 11.0. The van der Waals surface area contributed by atoms with Crippen LogP contribution in [-0.4, -0.2) is 51.9 Å². The number of oxazole rings is 1. The zero-order chi connectivity index (χ0) is 30.4. The number of hydrogen-bond donors (Lipinski definition) is 3. The van der Waals surface area contributed by atoms with E-state index in [0.29, 0.717) is 41.9 Å². The summed E-state index contributed by atoms with van der Waals surface area (Å²) in [5.74, 6) is 0.116. The van der Waals surface area contributed by atoms with Crippen LogP contribution in [0, 0.1) is 5.92 Å². The number of aromatic carboxylic acids is 1. The first-order valence-corrected chi connectivity index (χ1v) is 13.8. The SMILES string of the molecule is CCOc1ccc(-c2nc(C(=O)NCc3cccc(C(=O)O)n3)c(C(C)NC(=O)OC(C)(C)C)o2)cc1OCC1CC1. The Labute approximate surface area is 243 Å². The number of rotatable bonds is 12. The van der Waals surface area contributed by atoms with Crippen molar-refractivity contribution in [3.63, 3.8) is 0 Å². The molecule has 3 aromatic rings. The van der Waals surface area contributed by atoms with E-state index in [4.69, 9.17) is 18.6 Å². The lowest BCUT2D eigenvalue weighted by Crippen LogP contribution is -2.34. The van der Waals surface area contributed by atoms with Gasteiger partial charge in [-0.2, -0.15) is 0 Å². The maximum Gasteiger partial charge on any atom is 0.408 e. The van der Waals surface area contributed by atoms with Gasteiger partial charge in [-0.3, -0.25) is 4.79 Å². The molecule has 3 N–H and O–H groups in total. The summed E-state index contributed by atoms with van der Waals surface area (Å²) < 4.78 is 23.2. The Kier molecular flexibility index (Phi) is 9.34. The van der Waals surface area contributed by atoms with Crippen LogP contribution in [0.5, 0.6) is 11.5 Å². The molecule has 2 aromatic heterocycles. The highest BCUT2D eigenvalue weighted by Gasteiger charge is 2.28. The van der Waals surface area contributed by atoms with Crippen LogP contribution in [0.4, 0.5) is 4.79 Å². The van der Waals surface area contributed by atoms with Gasteiger partial charge in [0.15, 0.2) is 23.0 Å². The fourth-order valence-corrected chi connectivity index (χ4v) is 3.93. The van der Waals surface area contributed by atoms with Crippen LogP contribution < -0.4 is 20.1 Å². The van der Waals surface area contributed by atoms with Gasteiger partial charge in [-0.05, 0) is 83.7 Å². The Hall–Kier alpha value is -4.61. The molecule has 1 fully saturated rings. The van der Waals surface area contributed by atoms with E-state index in [1.807, 2.05) is 6.92 Å². The molecule has 12 heteroatoms. The first-order chi connectivity index (χ1) is 19.9. The van der Waals surface area contributed by atoms with Crippen molar-refractivity contribution < 1.29 is 38.1 Å². The molecule has 2 amide bonds. The summed E-state index contributed by atoms with van der Waals surface area (Å²) in [6.45, 7) is 9.73. The molecule has 0 saturated heterocycles. The lowest BCUT2D eigenvalue weighted by atomic mass is 10.2. The smallest absolute Gasteiger partial charge is 0.408 e. The fraction of sp³-hybridized carbons (Fsp3) is 0.433. The Morgan fingerprint density at radius 2 is 1.86 bits per heavy atom. The minimum Gasteiger partial charge on any atom is -0.490 e. The summed E-state index contributed by atoms with van der Waals surface area (Å²) in [4.78, 5) is 45.6. The fourth-order valence-electron chi connectivity index (χ4n) is 3.93. The van der Waals surface area contributed by atoms with Gasteiger partial charge in [-0.15, -0.1) is 0 Å². The molecule has 0 bridgehead atoms. The number of amides is 2. The number of benzene rings is 1. The Morgan fingerprint density at radius 1 is 1.10 bits per heavy atom. The lowest BCUT2D eigenvalue weighted by Gasteiger charge is -2.21. The van der Waals surface area contributed by atoms with Crippen LogP contribution in [0.2, 0.25) is 0 Å². The lowest BCUT2D eigenvalue weighted by molar-refractivity contribution is 0.0500. The monoisotopic (exact) mass is 580 g/mol. The van der Waals surface area contributed by atoms with E-state index in [0.717, 1.165) is 12.8 Å². The van der Waals surface area contributed by atoms with E-state index in [-0.39, 0.29) is 29.6 Å². The Morgan fingerprint density at radius 3 is 2.52 bits per heavy atom. The molecule has 0 radical (unpaired) electrons. The number of carbonyl (C=O) groups is 3. The standard InChI is InChI=1S/C30H36N4O8/c1-6-39-22-13-12-19(14-23(22)40-16-18-10-11-18)27-34-24(25(41-27)17(2)32-29(38)42-30(3,4)5)26(35)31-15-20-8-7-9-21(33-20)28(36)37/h7-9,12-14,17-18H,6,10-11,15-16H2,1-5H3,(H,31,35)(H,32,38)(H,36,37). The molecule has 2 heterocycles. The van der Waals surface area contributed by atoms with Gasteiger partial charge in [0.2, 0.25) is 5.89 Å². The topological polar surface area (TPSA) is 162 Å². The van der Waals surface area contributed by atoms with Crippen molar-refractivity contribution in [2.24, 2.45) is 5.92 Å². The number of carboxylic acid groups (broad SMARTS) is 1. The number of hydrogen-bond acceptors (Lipinski definition) is 9. The summed E-state index contributed by atoms with van der Waals surface area (Å²) in [5.41, 5.74) is -0.0381. The first-order valence-electron chi connectivity index (χ1n) is 13.8. The predicted octanol–water partition coefficient (Wildman–Crippen LogP) is 5.14. The number of nitrogens with one attached hydrogen (secondary N) is 2. The van der Waals surface area contributed by atoms with E-state index in [1.54, 1.807) is 58.0 Å². The van der Waals surface area contributed by atoms with Crippen molar-refractivity contribution in [1.82, 2.24) is 20.6 Å². The van der Waals surface area contributed by atoms with Gasteiger partial charge in [0.1, 0.15) is 11.3 Å². The molecule has 12 nitrogen and oxygen atoms in total. The molecule has 1 saturated carbocycles. The third-order valence-corrected chi connectivity index (χ3v) is 6.11. The number of nitrogens with zero attached hydrogens (tertiary/aromatic N) is 2. The third kappa shape index (κ3) is 8.21. The highest BCUT2D eigenvalue weighted by Crippen LogP contribution is 2.36. The van der Waals surface area contributed by atoms with E-state index in [1.165, 1.54) is 6.07 Å². The van der Waals surface area contributed by atoms with Crippen molar-refractivity contribution in [2.45, 2.75) is 65.6 Å². The average molecular weight is 581 g/mol. The highest BCUT2D eigenvalue weighted by atomic mass is 16.6. The third-order valence-electron chi connectivity index (χ3n) is 6.11. The summed E-state index contributed by atoms with van der Waals surface area (Å²) >= 11 is 0. The maximum absolute atomic E-state index is 13.3. The van der Waals surface area contributed by atoms with E-state index in [2.05, 4.69) is 20.6 Å². The number of carboxylic acids is 1. The largest absolute Gasteiger partial charge is 0.490 e. The summed E-state index contributed by atoms with van der Waals surface area (Å²) in [5, 5.41) is 14.6. The van der Waals surface area contributed by atoms with Crippen LogP contribution >= 0.6 is 0 Å². The van der Waals surface area contributed by atoms with Crippen molar-refractivity contribution in [3.05, 3.63) is 59.2 Å². The van der Waals surface area contributed by atoms with E-state index in [9.17, 15) is 19.5 Å². The molecular weight excluding hydrogens is 544 g/mol. The molecule has 224 valence electrons. The van der Waals surface area contributed by atoms with Gasteiger partial charge in [0, 0.05) is 5.56 Å². The van der Waals surface area contributed by atoms with E-state index >= 15 is 0 Å². The van der Waals surface area contributed by atoms with Crippen molar-refractivity contribution in [2.75, 3.05) is 13.2 Å². The molecule has 1 atom stereocenters. The average Bonchev–Trinajstić information content (AvgIpc) is 3.65. The summed E-state index contributed by atoms with van der Waals surface area (Å²) in [6.07, 6.45) is 1.57. The van der Waals surface area contributed by atoms with Crippen LogP contribution in [0.1, 0.15) is 85.9 Å². The second-order valence-corrected chi connectivity index (χ2v) is 11.0. The zero-order valence-electron chi connectivity index (χ0n) is 24.4. The number of carbonyl (C=O) groups excluding carboxylic acids is 2. The van der Waals surface area contributed by atoms with Crippen LogP contribution in [0.15, 0.2) is 40.8 Å². The van der Waals surface area contributed by atoms with Gasteiger partial charge in [0.05, 0.1) is 31.5 Å². The van der Waals surface area contributed by atoms with Crippen molar-refractivity contribution in [1.29, 1.82) is 0 Å². The summed E-state index contributed by atoms with van der Waals surface area (Å²) in [7, 11) is 0. The van der Waals surface area contributed by atoms with Gasteiger partial charge >= 0.3 is 12.1 Å². The Bertz CT molecular complexity index is 1440. The molecule has 42 heavy (non-hydrogen) atoms. The minimum absolute atomic E-state index is 0.0579. The molecule has 1 unspecified atom stereocenters. The molecule has 0 spiro atoms. The minimum atomic E-state index is -1.18. The van der Waals surface area contributed by atoms with Gasteiger partial charge in [0.25, 0.3) is 5.91 Å². The van der Waals surface area contributed by atoms with Gasteiger partial charge < -0.3 is 34.4 Å². The number of alkyl carbamates (subject to hydrolysis) is 1. The van der Waals surface area contributed by atoms with Crippen LogP contribution in [0.3, 0.4) is 0 Å². The van der Waals surface area contributed by atoms with E-state index < -0.39 is 29.6 Å². The van der Waals surface area contributed by atoms with Crippen molar-refractivity contribution in [3.8, 4) is 23.0 Å². The highest BCUT2D eigenvalue weighted by molar-refractivity contribution is 5.94. The molecule has 1 aromatic carbocycles. The van der Waals surface area contributed by atoms with Crippen LogP contribution in [-0.2, 0) is 11.3 Å². The number of ether oxygens (including phenoxy) is 3.